The summed E-state index contributed by atoms with van der Waals surface area (Å²) in [7, 11) is 0. The van der Waals surface area contributed by atoms with Crippen molar-refractivity contribution < 1.29 is 28.5 Å². The van der Waals surface area contributed by atoms with Crippen LogP contribution in [0.5, 0.6) is 6.01 Å². The molecule has 5 aromatic rings. The van der Waals surface area contributed by atoms with Crippen molar-refractivity contribution in [3.8, 4) is 28.5 Å². The van der Waals surface area contributed by atoms with Crippen molar-refractivity contribution in [3.63, 3.8) is 0 Å². The van der Waals surface area contributed by atoms with Gasteiger partial charge in [0.05, 0.1) is 37.4 Å². The van der Waals surface area contributed by atoms with Crippen LogP contribution in [0.25, 0.3) is 33.5 Å². The van der Waals surface area contributed by atoms with Crippen molar-refractivity contribution >= 4 is 23.2 Å². The lowest BCUT2D eigenvalue weighted by molar-refractivity contribution is -0.00727. The predicted molar refractivity (Wildman–Crippen MR) is 183 cm³/mol. The number of hydrogen-bond donors (Lipinski definition) is 0. The Kier molecular flexibility index (Phi) is 10.5. The molecule has 1 unspecified atom stereocenters. The molecular weight excluding hydrogens is 624 g/mol. The van der Waals surface area contributed by atoms with Crippen LogP contribution >= 0.6 is 0 Å². The minimum atomic E-state index is -0.709. The van der Waals surface area contributed by atoms with Gasteiger partial charge in [-0.05, 0) is 81.3 Å². The van der Waals surface area contributed by atoms with E-state index >= 15 is 0 Å². The summed E-state index contributed by atoms with van der Waals surface area (Å²) in [6, 6.07) is 19.9. The molecule has 0 N–H and O–H groups in total. The van der Waals surface area contributed by atoms with Crippen molar-refractivity contribution in [2.75, 3.05) is 13.2 Å². The second-order valence-electron chi connectivity index (χ2n) is 12.0. The van der Waals surface area contributed by atoms with Gasteiger partial charge >= 0.3 is 12.1 Å². The van der Waals surface area contributed by atoms with Crippen LogP contribution in [0.1, 0.15) is 87.4 Å². The maximum absolute atomic E-state index is 13.3. The Morgan fingerprint density at radius 2 is 1.67 bits per heavy atom. The Labute approximate surface area is 285 Å². The average Bonchev–Trinajstić information content (AvgIpc) is 3.74. The maximum Gasteiger partial charge on any atom is 0.509 e. The van der Waals surface area contributed by atoms with Crippen LogP contribution in [-0.4, -0.2) is 61.2 Å². The number of rotatable bonds is 12. The van der Waals surface area contributed by atoms with E-state index in [1.165, 1.54) is 0 Å². The van der Waals surface area contributed by atoms with Crippen LogP contribution < -0.4 is 4.74 Å². The Morgan fingerprint density at radius 3 is 2.37 bits per heavy atom. The lowest BCUT2D eigenvalue weighted by Gasteiger charge is -2.22. The highest BCUT2D eigenvalue weighted by Crippen LogP contribution is 2.35. The summed E-state index contributed by atoms with van der Waals surface area (Å²) in [5, 5.41) is 12.9. The quantitative estimate of drug-likeness (QED) is 0.123. The third-order valence-electron chi connectivity index (χ3n) is 8.69. The molecule has 6 rings (SSSR count). The van der Waals surface area contributed by atoms with Gasteiger partial charge in [0.15, 0.2) is 0 Å². The first-order valence-electron chi connectivity index (χ1n) is 17.1. The van der Waals surface area contributed by atoms with E-state index in [0.29, 0.717) is 53.7 Å². The molecule has 2 aromatic heterocycles. The van der Waals surface area contributed by atoms with Gasteiger partial charge in [-0.25, -0.2) is 9.59 Å². The molecule has 1 atom stereocenters. The molecule has 0 bridgehead atoms. The molecule has 1 aliphatic carbocycles. The van der Waals surface area contributed by atoms with Gasteiger partial charge in [0, 0.05) is 11.1 Å². The number of aromatic nitrogens is 6. The fraction of sp³-hybridized carbons (Fsp3) is 0.405. The molecule has 1 saturated carbocycles. The molecule has 3 aromatic carbocycles. The van der Waals surface area contributed by atoms with Crippen molar-refractivity contribution in [1.82, 2.24) is 29.8 Å². The predicted octanol–water partition coefficient (Wildman–Crippen LogP) is 7.55. The highest BCUT2D eigenvalue weighted by Gasteiger charge is 2.27. The monoisotopic (exact) mass is 666 g/mol. The van der Waals surface area contributed by atoms with Crippen molar-refractivity contribution in [2.45, 2.75) is 85.1 Å². The first kappa shape index (κ1) is 33.6. The van der Waals surface area contributed by atoms with Crippen molar-refractivity contribution in [1.29, 1.82) is 0 Å². The fourth-order valence-corrected chi connectivity index (χ4v) is 6.27. The number of nitrogens with zero attached hydrogens (tertiary/aromatic N) is 6. The van der Waals surface area contributed by atoms with E-state index in [1.54, 1.807) is 30.8 Å². The second kappa shape index (κ2) is 15.3. The zero-order valence-electron chi connectivity index (χ0n) is 28.4. The highest BCUT2D eigenvalue weighted by atomic mass is 16.7. The van der Waals surface area contributed by atoms with E-state index < -0.39 is 18.2 Å². The molecule has 0 spiro atoms. The van der Waals surface area contributed by atoms with E-state index in [4.69, 9.17) is 23.9 Å². The summed E-state index contributed by atoms with van der Waals surface area (Å²) < 4.78 is 24.7. The normalized spacial score (nSPS) is 14.0. The molecule has 0 saturated heterocycles. The summed E-state index contributed by atoms with van der Waals surface area (Å²) in [4.78, 5) is 32.4. The number of aryl methyl sites for hydroxylation is 1. The number of tetrazole rings is 1. The van der Waals surface area contributed by atoms with Crippen LogP contribution in [0.3, 0.4) is 0 Å². The van der Waals surface area contributed by atoms with E-state index in [9.17, 15) is 9.59 Å². The molecule has 49 heavy (non-hydrogen) atoms. The first-order chi connectivity index (χ1) is 23.9. The van der Waals surface area contributed by atoms with Gasteiger partial charge in [-0.15, -0.1) is 10.2 Å². The number of benzene rings is 3. The fourth-order valence-electron chi connectivity index (χ4n) is 6.27. The zero-order chi connectivity index (χ0) is 34.3. The van der Waals surface area contributed by atoms with E-state index in [1.807, 2.05) is 66.9 Å². The number of carbonyl (C=O) groups is 2. The summed E-state index contributed by atoms with van der Waals surface area (Å²) in [6.45, 7) is 8.95. The first-order valence-corrected chi connectivity index (χ1v) is 17.1. The largest absolute Gasteiger partial charge is 0.509 e. The van der Waals surface area contributed by atoms with Crippen LogP contribution in [-0.2, 0) is 27.3 Å². The Hall–Kier alpha value is -5.26. The van der Waals surface area contributed by atoms with Crippen LogP contribution in [0.4, 0.5) is 4.79 Å². The number of fused-ring (bicyclic) bond motifs is 1. The Morgan fingerprint density at radius 1 is 0.918 bits per heavy atom. The minimum absolute atomic E-state index is 0.128. The van der Waals surface area contributed by atoms with Crippen LogP contribution in [0, 0.1) is 0 Å². The topological polar surface area (TPSA) is 132 Å². The summed E-state index contributed by atoms with van der Waals surface area (Å²) in [5.74, 6) is 0.0876. The molecule has 2 heterocycles. The summed E-state index contributed by atoms with van der Waals surface area (Å²) in [6.07, 6.45) is 3.39. The molecule has 0 amide bonds. The molecule has 0 aliphatic heterocycles. The van der Waals surface area contributed by atoms with E-state index in [0.717, 1.165) is 54.4 Å². The van der Waals surface area contributed by atoms with Crippen molar-refractivity contribution in [2.24, 2.45) is 0 Å². The van der Waals surface area contributed by atoms with E-state index in [2.05, 4.69) is 15.4 Å². The lowest BCUT2D eigenvalue weighted by Crippen LogP contribution is -2.22. The standard InChI is InChI=1S/C37H42N6O6/c1-5-43-40-34(39-41-43)30-16-12-11-15-29(30)26-19-17-25(18-20-26)23-42-33-31(35(44)46-6-2)22-21-28(32(33)38-36(42)47-7-3)24(4)48-37(45)49-27-13-9-8-10-14-27/h11-12,15-22,24,27H,5-10,13-14,23H2,1-4H3. The number of imidazole rings is 1. The van der Waals surface area contributed by atoms with E-state index in [-0.39, 0.29) is 12.7 Å². The number of ether oxygens (including phenoxy) is 4. The van der Waals surface area contributed by atoms with Gasteiger partial charge in [-0.2, -0.15) is 9.78 Å². The van der Waals surface area contributed by atoms with Crippen LogP contribution in [0.2, 0.25) is 0 Å². The van der Waals surface area contributed by atoms with Gasteiger partial charge < -0.3 is 18.9 Å². The summed E-state index contributed by atoms with van der Waals surface area (Å²) >= 11 is 0. The number of esters is 1. The molecule has 12 nitrogen and oxygen atoms in total. The minimum Gasteiger partial charge on any atom is -0.465 e. The summed E-state index contributed by atoms with van der Waals surface area (Å²) in [5.41, 5.74) is 5.82. The number of hydrogen-bond acceptors (Lipinski definition) is 10. The SMILES string of the molecule is CCOC(=O)c1ccc(C(C)OC(=O)OC2CCCCC2)c2nc(OCC)n(Cc3ccc(-c4ccccc4-c4nnn(CC)n4)cc3)c12. The smallest absolute Gasteiger partial charge is 0.465 e. The molecule has 0 radical (unpaired) electrons. The van der Waals surface area contributed by atoms with Gasteiger partial charge in [0.25, 0.3) is 6.01 Å². The zero-order valence-corrected chi connectivity index (χ0v) is 28.4. The van der Waals surface area contributed by atoms with Crippen molar-refractivity contribution in [3.05, 3.63) is 77.4 Å². The van der Waals surface area contributed by atoms with Gasteiger partial charge in [-0.3, -0.25) is 4.57 Å². The number of carbonyl (C=O) groups excluding carboxylic acids is 2. The van der Waals surface area contributed by atoms with Crippen LogP contribution in [0.15, 0.2) is 60.7 Å². The molecular formula is C37H42N6O6. The molecule has 1 fully saturated rings. The van der Waals surface area contributed by atoms with Gasteiger partial charge in [-0.1, -0.05) is 61.0 Å². The Bertz CT molecular complexity index is 1910. The third kappa shape index (κ3) is 7.43. The molecule has 256 valence electrons. The second-order valence-corrected chi connectivity index (χ2v) is 12.0. The van der Waals surface area contributed by atoms with Gasteiger partial charge in [0.2, 0.25) is 5.82 Å². The molecule has 12 heteroatoms. The lowest BCUT2D eigenvalue weighted by atomic mass is 9.98. The van der Waals surface area contributed by atoms with Gasteiger partial charge in [0.1, 0.15) is 17.7 Å². The maximum atomic E-state index is 13.3. The Balaban J connectivity index is 1.34. The highest BCUT2D eigenvalue weighted by molar-refractivity contribution is 6.03. The third-order valence-corrected chi connectivity index (χ3v) is 8.69. The molecule has 1 aliphatic rings. The average molecular weight is 667 g/mol.